The monoisotopic (exact) mass is 210 g/mol. The van der Waals surface area contributed by atoms with Crippen LogP contribution in [0, 0.1) is 20.2 Å². The quantitative estimate of drug-likeness (QED) is 0.297. The van der Waals surface area contributed by atoms with Crippen molar-refractivity contribution in [2.24, 2.45) is 5.73 Å². The largest absolute Gasteiger partial charge is 0.327 e. The Morgan fingerprint density at radius 1 is 1.36 bits per heavy atom. The molecule has 3 N–H and O–H groups in total. The fraction of sp³-hybridized carbons (Fsp3) is 1.00. The molecular weight excluding hydrogens is 200 g/mol. The smallest absolute Gasteiger partial charge is 0.311 e. The van der Waals surface area contributed by atoms with E-state index in [9.17, 15) is 20.2 Å². The zero-order valence-electron chi connectivity index (χ0n) is 7.34. The van der Waals surface area contributed by atoms with E-state index < -0.39 is 16.1 Å². The van der Waals surface area contributed by atoms with Crippen LogP contribution in [0.4, 0.5) is 0 Å². The van der Waals surface area contributed by atoms with Gasteiger partial charge in [-0.2, -0.15) is 0 Å². The molecule has 0 aliphatic rings. The maximum atomic E-state index is 9.93. The van der Waals surface area contributed by atoms with Crippen molar-refractivity contribution in [3.8, 4) is 0 Å². The van der Waals surface area contributed by atoms with Gasteiger partial charge in [-0.05, 0) is 6.54 Å². The summed E-state index contributed by atoms with van der Waals surface area (Å²) in [5, 5.41) is 19.9. The van der Waals surface area contributed by atoms with Gasteiger partial charge in [-0.1, -0.05) is 6.92 Å². The van der Waals surface area contributed by atoms with Crippen LogP contribution in [0.3, 0.4) is 0 Å². The number of likely N-dealkylation sites (N-methyl/N-ethyl adjacent to an activating group) is 1. The summed E-state index contributed by atoms with van der Waals surface area (Å²) in [5.41, 5.74) is 5.10. The first-order valence-electron chi connectivity index (χ1n) is 3.56. The van der Waals surface area contributed by atoms with Crippen molar-refractivity contribution in [3.05, 3.63) is 20.2 Å². The fourth-order valence-corrected chi connectivity index (χ4v) is 0.633. The Morgan fingerprint density at radius 3 is 2.07 bits per heavy atom. The minimum Gasteiger partial charge on any atom is -0.311 e. The third-order valence-corrected chi connectivity index (χ3v) is 1.08. The van der Waals surface area contributed by atoms with Gasteiger partial charge in [0.05, 0.1) is 6.54 Å². The van der Waals surface area contributed by atoms with Crippen LogP contribution >= 0.6 is 0 Å². The van der Waals surface area contributed by atoms with Crippen molar-refractivity contribution < 1.29 is 19.8 Å². The van der Waals surface area contributed by atoms with Gasteiger partial charge in [0.1, 0.15) is 0 Å². The van der Waals surface area contributed by atoms with Gasteiger partial charge in [0.25, 0.3) is 10.2 Å². The zero-order valence-corrected chi connectivity index (χ0v) is 7.34. The number of nitrogens with one attached hydrogen (secondary N) is 1. The van der Waals surface area contributed by atoms with Crippen LogP contribution in [-0.4, -0.2) is 29.2 Å². The van der Waals surface area contributed by atoms with E-state index in [1.54, 1.807) is 6.92 Å². The van der Waals surface area contributed by atoms with E-state index in [4.69, 9.17) is 5.73 Å². The lowest BCUT2D eigenvalue weighted by molar-refractivity contribution is -0.871. The van der Waals surface area contributed by atoms with E-state index in [1.807, 2.05) is 0 Å². The molecule has 0 heterocycles. The zero-order chi connectivity index (χ0) is 11.2. The first-order valence-corrected chi connectivity index (χ1v) is 3.56. The number of nitrogens with zero attached hydrogens (tertiary/aromatic N) is 2. The van der Waals surface area contributed by atoms with E-state index in [2.05, 4.69) is 15.0 Å². The van der Waals surface area contributed by atoms with Gasteiger partial charge in [-0.15, -0.1) is 20.2 Å². The maximum absolute atomic E-state index is 9.93. The molecule has 10 nitrogen and oxygen atoms in total. The van der Waals surface area contributed by atoms with Crippen LogP contribution in [0.15, 0.2) is 0 Å². The Morgan fingerprint density at radius 2 is 1.79 bits per heavy atom. The second-order valence-corrected chi connectivity index (χ2v) is 2.22. The third-order valence-electron chi connectivity index (χ3n) is 1.08. The van der Waals surface area contributed by atoms with Gasteiger partial charge in [0.2, 0.25) is 0 Å². The molecule has 0 aliphatic heterocycles. The normalized spacial score (nSPS) is 10.7. The van der Waals surface area contributed by atoms with Crippen LogP contribution in [-0.2, 0) is 9.68 Å². The molecule has 0 atom stereocenters. The van der Waals surface area contributed by atoms with E-state index in [0.717, 1.165) is 0 Å². The average Bonchev–Trinajstić information content (AvgIpc) is 1.97. The second-order valence-electron chi connectivity index (χ2n) is 2.22. The number of nitrogens with two attached hydrogens (primary N) is 1. The van der Waals surface area contributed by atoms with Gasteiger partial charge in [-0.25, -0.2) is 0 Å². The lowest BCUT2D eigenvalue weighted by atomic mass is 10.5. The molecule has 82 valence electrons. The number of hydrogen-bond donors (Lipinski definition) is 2. The van der Waals surface area contributed by atoms with E-state index >= 15 is 0 Å². The Hall–Kier alpha value is -1.68. The first kappa shape index (κ1) is 12.3. The van der Waals surface area contributed by atoms with Crippen LogP contribution in [0.2, 0.25) is 0 Å². The van der Waals surface area contributed by atoms with Gasteiger partial charge in [0.15, 0.2) is 0 Å². The Balaban J connectivity index is 4.31. The van der Waals surface area contributed by atoms with Crippen molar-refractivity contribution in [1.29, 1.82) is 0 Å². The number of rotatable bonds is 7. The van der Waals surface area contributed by atoms with Crippen LogP contribution < -0.4 is 11.1 Å². The molecule has 0 saturated carbocycles. The van der Waals surface area contributed by atoms with E-state index in [1.165, 1.54) is 0 Å². The van der Waals surface area contributed by atoms with Gasteiger partial charge in [0, 0.05) is 0 Å². The van der Waals surface area contributed by atoms with Crippen molar-refractivity contribution in [1.82, 2.24) is 5.32 Å². The predicted molar refractivity (Wildman–Crippen MR) is 41.6 cm³/mol. The van der Waals surface area contributed by atoms with Crippen molar-refractivity contribution >= 4 is 0 Å². The van der Waals surface area contributed by atoms with E-state index in [0.29, 0.717) is 6.54 Å². The molecule has 0 radical (unpaired) electrons. The van der Waals surface area contributed by atoms with Crippen molar-refractivity contribution in [3.63, 3.8) is 0 Å². The molecule has 0 saturated heterocycles. The van der Waals surface area contributed by atoms with Crippen molar-refractivity contribution in [2.75, 3.05) is 13.1 Å². The molecule has 0 aromatic carbocycles. The molecule has 0 spiro atoms. The Labute approximate surface area is 78.2 Å². The minimum atomic E-state index is -2.41. The summed E-state index contributed by atoms with van der Waals surface area (Å²) >= 11 is 0. The highest BCUT2D eigenvalue weighted by Crippen LogP contribution is 2.04. The summed E-state index contributed by atoms with van der Waals surface area (Å²) in [6.07, 6.45) is 0. The topological polar surface area (TPSA) is 143 Å². The highest BCUT2D eigenvalue weighted by molar-refractivity contribution is 4.60. The highest BCUT2D eigenvalue weighted by Gasteiger charge is 2.33. The predicted octanol–water partition coefficient (Wildman–Crippen LogP) is -1.37. The van der Waals surface area contributed by atoms with Crippen LogP contribution in [0.1, 0.15) is 6.92 Å². The molecule has 0 fully saturated rings. The minimum absolute atomic E-state index is 0.383. The molecule has 0 aliphatic carbocycles. The summed E-state index contributed by atoms with van der Waals surface area (Å²) in [7, 11) is 0. The molecular formula is C4H10N4O6. The maximum Gasteiger partial charge on any atom is 0.327 e. The molecule has 0 amide bonds. The first-order chi connectivity index (χ1) is 6.39. The Kier molecular flexibility index (Phi) is 4.52. The summed E-state index contributed by atoms with van der Waals surface area (Å²) in [6.45, 7) is 1.70. The van der Waals surface area contributed by atoms with Crippen LogP contribution in [0.25, 0.3) is 0 Å². The van der Waals surface area contributed by atoms with Gasteiger partial charge >= 0.3 is 5.91 Å². The average molecular weight is 210 g/mol. The standard InChI is InChI=1S/C4H10N4O6/c1-2-6-3-4(5,13-7(9)10)14-8(11)12/h6H,2-3,5H2,1H3. The molecule has 14 heavy (non-hydrogen) atoms. The molecule has 0 rings (SSSR count). The SMILES string of the molecule is CCNCC(N)(O[N+](=O)[O-])O[N+](=O)[O-]. The molecule has 0 unspecified atom stereocenters. The van der Waals surface area contributed by atoms with Crippen LogP contribution in [0.5, 0.6) is 0 Å². The molecule has 0 aromatic heterocycles. The highest BCUT2D eigenvalue weighted by atomic mass is 17.1. The number of hydrogen-bond acceptors (Lipinski definition) is 8. The second kappa shape index (κ2) is 5.14. The van der Waals surface area contributed by atoms with Crippen molar-refractivity contribution in [2.45, 2.75) is 12.8 Å². The summed E-state index contributed by atoms with van der Waals surface area (Å²) in [5.74, 6) is -2.41. The van der Waals surface area contributed by atoms with Gasteiger partial charge < -0.3 is 5.32 Å². The molecule has 0 aromatic rings. The Bertz CT molecular complexity index is 204. The lowest BCUT2D eigenvalue weighted by Gasteiger charge is -2.23. The molecule has 10 heteroatoms. The summed E-state index contributed by atoms with van der Waals surface area (Å²) < 4.78 is 0. The third kappa shape index (κ3) is 5.05. The summed E-state index contributed by atoms with van der Waals surface area (Å²) in [6, 6.07) is 0. The molecule has 0 bridgehead atoms. The van der Waals surface area contributed by atoms with E-state index in [-0.39, 0.29) is 6.54 Å². The van der Waals surface area contributed by atoms with Gasteiger partial charge in [-0.3, -0.25) is 15.4 Å². The summed E-state index contributed by atoms with van der Waals surface area (Å²) in [4.78, 5) is 27.5. The fourth-order valence-electron chi connectivity index (χ4n) is 0.633. The lowest BCUT2D eigenvalue weighted by Crippen LogP contribution is -2.55.